The summed E-state index contributed by atoms with van der Waals surface area (Å²) in [6.07, 6.45) is -3.20. The lowest BCUT2D eigenvalue weighted by atomic mass is 10.1. The first kappa shape index (κ1) is 24.1. The van der Waals surface area contributed by atoms with Gasteiger partial charge in [-0.2, -0.15) is 13.2 Å². The number of alkyl halides is 3. The highest BCUT2D eigenvalue weighted by Crippen LogP contribution is 2.34. The Morgan fingerprint density at radius 1 is 1.00 bits per heavy atom. The minimum Gasteiger partial charge on any atom is -0.371 e. The molecule has 2 rings (SSSR count). The van der Waals surface area contributed by atoms with E-state index in [2.05, 4.69) is 11.8 Å². The van der Waals surface area contributed by atoms with Crippen molar-refractivity contribution in [2.24, 2.45) is 5.92 Å². The Kier molecular flexibility index (Phi) is 12.8. The zero-order valence-electron chi connectivity index (χ0n) is 16.0. The lowest BCUT2D eigenvalue weighted by Crippen LogP contribution is -2.20. The van der Waals surface area contributed by atoms with Gasteiger partial charge in [0.2, 0.25) is 0 Å². The second kappa shape index (κ2) is 12.3. The Hall–Kier alpha value is -1.19. The summed E-state index contributed by atoms with van der Waals surface area (Å²) in [5.74, 6) is 0.559. The van der Waals surface area contributed by atoms with Gasteiger partial charge in [0.15, 0.2) is 0 Å². The molecule has 0 bridgehead atoms. The fourth-order valence-electron chi connectivity index (χ4n) is 2.28. The second-order valence-corrected chi connectivity index (χ2v) is 4.84. The van der Waals surface area contributed by atoms with Crippen molar-refractivity contribution >= 4 is 5.69 Å². The average Bonchev–Trinajstić information content (AvgIpc) is 2.99. The largest absolute Gasteiger partial charge is 0.416 e. The number of rotatable bonds is 1. The third-order valence-corrected chi connectivity index (χ3v) is 3.30. The van der Waals surface area contributed by atoms with Crippen LogP contribution in [0, 0.1) is 12.8 Å². The zero-order valence-corrected chi connectivity index (χ0v) is 16.0. The first-order valence-electron chi connectivity index (χ1n) is 8.80. The topological polar surface area (TPSA) is 3.24 Å². The monoisotopic (exact) mass is 333 g/mol. The molecule has 1 aromatic carbocycles. The summed E-state index contributed by atoms with van der Waals surface area (Å²) in [5.41, 5.74) is 1.08. The van der Waals surface area contributed by atoms with E-state index in [1.807, 2.05) is 48.5 Å². The van der Waals surface area contributed by atoms with Crippen LogP contribution in [0.2, 0.25) is 0 Å². The summed E-state index contributed by atoms with van der Waals surface area (Å²) >= 11 is 0. The standard InChI is InChI=1S/C13H16F3N.3C2H6/c1-9-5-6-17(8-9)12-7-11(13(14,15)16)4-3-10(12)2;3*1-2/h3-4,7,9H,5-6,8H2,1-2H3;3*1-2H3. The van der Waals surface area contributed by atoms with E-state index in [0.717, 1.165) is 36.8 Å². The molecular weight excluding hydrogens is 299 g/mol. The Bertz CT molecular complexity index is 414. The van der Waals surface area contributed by atoms with Gasteiger partial charge in [-0.25, -0.2) is 0 Å². The van der Waals surface area contributed by atoms with E-state index in [-0.39, 0.29) is 0 Å². The van der Waals surface area contributed by atoms with Crippen molar-refractivity contribution < 1.29 is 13.2 Å². The molecule has 1 saturated heterocycles. The molecule has 136 valence electrons. The molecule has 0 aliphatic carbocycles. The Labute approximate surface area is 140 Å². The van der Waals surface area contributed by atoms with Crippen molar-refractivity contribution in [3.8, 4) is 0 Å². The van der Waals surface area contributed by atoms with Gasteiger partial charge in [0.25, 0.3) is 0 Å². The molecule has 0 saturated carbocycles. The van der Waals surface area contributed by atoms with Crippen molar-refractivity contribution in [1.29, 1.82) is 0 Å². The molecule has 23 heavy (non-hydrogen) atoms. The summed E-state index contributed by atoms with van der Waals surface area (Å²) in [4.78, 5) is 2.05. The molecule has 0 N–H and O–H groups in total. The predicted molar refractivity (Wildman–Crippen MR) is 96.2 cm³/mol. The minimum atomic E-state index is -4.26. The van der Waals surface area contributed by atoms with E-state index in [1.165, 1.54) is 6.07 Å². The van der Waals surface area contributed by atoms with E-state index in [1.54, 1.807) is 6.07 Å². The molecule has 1 aliphatic heterocycles. The van der Waals surface area contributed by atoms with Crippen LogP contribution in [0.25, 0.3) is 0 Å². The van der Waals surface area contributed by atoms with Crippen LogP contribution in [0.15, 0.2) is 18.2 Å². The van der Waals surface area contributed by atoms with Crippen LogP contribution in [0.4, 0.5) is 18.9 Å². The zero-order chi connectivity index (χ0) is 18.6. The number of nitrogens with zero attached hydrogens (tertiary/aromatic N) is 1. The fraction of sp³-hybridized carbons (Fsp3) is 0.684. The molecule has 1 atom stereocenters. The number of benzene rings is 1. The highest BCUT2D eigenvalue weighted by atomic mass is 19.4. The van der Waals surface area contributed by atoms with Gasteiger partial charge in [0, 0.05) is 18.8 Å². The molecule has 1 unspecified atom stereocenters. The van der Waals surface area contributed by atoms with Crippen molar-refractivity contribution in [2.75, 3.05) is 18.0 Å². The Balaban J connectivity index is 0. The second-order valence-electron chi connectivity index (χ2n) is 4.84. The normalized spacial score (nSPS) is 16.3. The van der Waals surface area contributed by atoms with E-state index in [0.29, 0.717) is 5.92 Å². The molecule has 0 spiro atoms. The minimum absolute atomic E-state index is 0.558. The summed E-state index contributed by atoms with van der Waals surface area (Å²) in [6.45, 7) is 17.7. The maximum Gasteiger partial charge on any atom is 0.416 e. The fourth-order valence-corrected chi connectivity index (χ4v) is 2.28. The quantitative estimate of drug-likeness (QED) is 0.538. The van der Waals surface area contributed by atoms with Crippen LogP contribution in [-0.4, -0.2) is 13.1 Å². The third-order valence-electron chi connectivity index (χ3n) is 3.30. The molecule has 1 fully saturated rings. The molecular formula is C19H34F3N. The van der Waals surface area contributed by atoms with Gasteiger partial charge in [-0.1, -0.05) is 54.5 Å². The number of anilines is 1. The summed E-state index contributed by atoms with van der Waals surface area (Å²) in [6, 6.07) is 3.98. The van der Waals surface area contributed by atoms with Crippen LogP contribution >= 0.6 is 0 Å². The van der Waals surface area contributed by atoms with E-state index in [4.69, 9.17) is 0 Å². The maximum atomic E-state index is 12.6. The number of hydrogen-bond donors (Lipinski definition) is 0. The summed E-state index contributed by atoms with van der Waals surface area (Å²) in [5, 5.41) is 0. The molecule has 1 aromatic rings. The van der Waals surface area contributed by atoms with Crippen LogP contribution in [0.1, 0.15) is 66.0 Å². The highest BCUT2D eigenvalue weighted by Gasteiger charge is 2.31. The van der Waals surface area contributed by atoms with Crippen molar-refractivity contribution in [1.82, 2.24) is 0 Å². The SMILES string of the molecule is CC.CC.CC.Cc1ccc(C(F)(F)F)cc1N1CCC(C)C1. The molecule has 0 amide bonds. The maximum absolute atomic E-state index is 12.6. The average molecular weight is 333 g/mol. The first-order valence-corrected chi connectivity index (χ1v) is 8.80. The van der Waals surface area contributed by atoms with Gasteiger partial charge in [-0.15, -0.1) is 0 Å². The molecule has 1 aliphatic rings. The number of hydrogen-bond acceptors (Lipinski definition) is 1. The van der Waals surface area contributed by atoms with Gasteiger partial charge < -0.3 is 4.90 Å². The van der Waals surface area contributed by atoms with Crippen LogP contribution in [0.5, 0.6) is 0 Å². The third kappa shape index (κ3) is 7.76. The summed E-state index contributed by atoms with van der Waals surface area (Å²) < 4.78 is 37.9. The van der Waals surface area contributed by atoms with Crippen molar-refractivity contribution in [2.45, 2.75) is 68.0 Å². The van der Waals surface area contributed by atoms with E-state index >= 15 is 0 Å². The Morgan fingerprint density at radius 3 is 1.91 bits per heavy atom. The lowest BCUT2D eigenvalue weighted by molar-refractivity contribution is -0.137. The molecule has 4 heteroatoms. The van der Waals surface area contributed by atoms with Crippen LogP contribution in [0.3, 0.4) is 0 Å². The predicted octanol–water partition coefficient (Wildman–Crippen LogP) is 6.94. The van der Waals surface area contributed by atoms with Gasteiger partial charge >= 0.3 is 6.18 Å². The molecule has 1 nitrogen and oxygen atoms in total. The molecule has 0 radical (unpaired) electrons. The number of aryl methyl sites for hydroxylation is 1. The first-order chi connectivity index (χ1) is 10.9. The molecule has 0 aromatic heterocycles. The molecule has 1 heterocycles. The highest BCUT2D eigenvalue weighted by molar-refractivity contribution is 5.56. The summed E-state index contributed by atoms with van der Waals surface area (Å²) in [7, 11) is 0. The Morgan fingerprint density at radius 2 is 1.52 bits per heavy atom. The van der Waals surface area contributed by atoms with Crippen LogP contribution < -0.4 is 4.90 Å². The van der Waals surface area contributed by atoms with Crippen LogP contribution in [-0.2, 0) is 6.18 Å². The van der Waals surface area contributed by atoms with Gasteiger partial charge in [0.05, 0.1) is 5.56 Å². The van der Waals surface area contributed by atoms with Crippen molar-refractivity contribution in [3.63, 3.8) is 0 Å². The number of halogens is 3. The van der Waals surface area contributed by atoms with Gasteiger partial charge in [-0.3, -0.25) is 0 Å². The van der Waals surface area contributed by atoms with E-state index < -0.39 is 11.7 Å². The smallest absolute Gasteiger partial charge is 0.371 e. The van der Waals surface area contributed by atoms with E-state index in [9.17, 15) is 13.2 Å². The van der Waals surface area contributed by atoms with Gasteiger partial charge in [0.1, 0.15) is 0 Å². The van der Waals surface area contributed by atoms with Crippen molar-refractivity contribution in [3.05, 3.63) is 29.3 Å². The van der Waals surface area contributed by atoms with Gasteiger partial charge in [-0.05, 0) is 37.0 Å². The lowest BCUT2D eigenvalue weighted by Gasteiger charge is -2.22.